The molecule has 0 radical (unpaired) electrons. The van der Waals surface area contributed by atoms with E-state index in [0.29, 0.717) is 0 Å². The van der Waals surface area contributed by atoms with Crippen molar-refractivity contribution in [2.45, 2.75) is 29.6 Å². The fourth-order valence-electron chi connectivity index (χ4n) is 1.05. The molecule has 84 valence electrons. The number of anilines is 1. The van der Waals surface area contributed by atoms with Crippen molar-refractivity contribution >= 4 is 29.2 Å². The van der Waals surface area contributed by atoms with Gasteiger partial charge in [-0.05, 0) is 30.2 Å². The number of hydrogen-bond donors (Lipinski definition) is 1. The highest BCUT2D eigenvalue weighted by Crippen LogP contribution is 2.29. The van der Waals surface area contributed by atoms with E-state index in [1.165, 1.54) is 23.3 Å². The highest BCUT2D eigenvalue weighted by molar-refractivity contribution is 8.00. The molecule has 2 aromatic rings. The lowest BCUT2D eigenvalue weighted by Crippen LogP contribution is -1.97. The first kappa shape index (κ1) is 11.3. The van der Waals surface area contributed by atoms with Crippen LogP contribution < -0.4 is 5.73 Å². The fourth-order valence-corrected chi connectivity index (χ4v) is 2.71. The average molecular weight is 253 g/mol. The van der Waals surface area contributed by atoms with E-state index in [-0.39, 0.29) is 5.95 Å². The summed E-state index contributed by atoms with van der Waals surface area (Å²) in [5, 5.41) is 0.839. The molecule has 0 saturated heterocycles. The maximum atomic E-state index is 5.54. The minimum Gasteiger partial charge on any atom is -0.368 e. The molecule has 0 aliphatic heterocycles. The molecule has 0 aromatic carbocycles. The highest BCUT2D eigenvalue weighted by Gasteiger charge is 2.08. The third-order valence-corrected chi connectivity index (χ3v) is 3.79. The zero-order valence-corrected chi connectivity index (χ0v) is 10.6. The maximum absolute atomic E-state index is 5.54. The third kappa shape index (κ3) is 2.48. The number of aryl methyl sites for hydroxylation is 2. The van der Waals surface area contributed by atoms with Gasteiger partial charge in [0.15, 0.2) is 4.34 Å². The summed E-state index contributed by atoms with van der Waals surface area (Å²) in [6.45, 7) is 3.98. The average Bonchev–Trinajstić information content (AvgIpc) is 2.71. The molecule has 2 heterocycles. The van der Waals surface area contributed by atoms with Gasteiger partial charge in [0, 0.05) is 18.2 Å². The van der Waals surface area contributed by atoms with E-state index in [1.807, 2.05) is 13.8 Å². The minimum absolute atomic E-state index is 0.285. The van der Waals surface area contributed by atoms with Crippen LogP contribution in [0, 0.1) is 6.92 Å². The van der Waals surface area contributed by atoms with Crippen molar-refractivity contribution in [1.82, 2.24) is 19.3 Å². The number of aromatic nitrogens is 4. The molecule has 2 rings (SSSR count). The predicted molar refractivity (Wildman–Crippen MR) is 64.6 cm³/mol. The minimum atomic E-state index is 0.285. The Kier molecular flexibility index (Phi) is 3.35. The summed E-state index contributed by atoms with van der Waals surface area (Å²) in [5.74, 6) is 1.15. The van der Waals surface area contributed by atoms with Crippen LogP contribution in [0.2, 0.25) is 0 Å². The molecule has 5 nitrogen and oxygen atoms in total. The molecule has 0 amide bonds. The van der Waals surface area contributed by atoms with E-state index in [1.54, 1.807) is 6.20 Å². The van der Waals surface area contributed by atoms with Crippen molar-refractivity contribution in [2.24, 2.45) is 0 Å². The van der Waals surface area contributed by atoms with Gasteiger partial charge in [-0.1, -0.05) is 6.92 Å². The van der Waals surface area contributed by atoms with Crippen molar-refractivity contribution in [3.05, 3.63) is 17.6 Å². The van der Waals surface area contributed by atoms with Crippen LogP contribution in [0.4, 0.5) is 5.95 Å². The molecule has 0 fully saturated rings. The Hall–Kier alpha value is -1.21. The number of hydrogen-bond acceptors (Lipinski definition) is 7. The Balaban J connectivity index is 2.22. The van der Waals surface area contributed by atoms with Crippen LogP contribution in [0.15, 0.2) is 15.6 Å². The summed E-state index contributed by atoms with van der Waals surface area (Å²) >= 11 is 2.86. The Labute approximate surface area is 102 Å². The molecular weight excluding hydrogens is 242 g/mol. The van der Waals surface area contributed by atoms with E-state index in [4.69, 9.17) is 5.73 Å². The van der Waals surface area contributed by atoms with Gasteiger partial charge in [-0.3, -0.25) is 0 Å². The van der Waals surface area contributed by atoms with E-state index >= 15 is 0 Å². The molecule has 0 aliphatic rings. The molecule has 16 heavy (non-hydrogen) atoms. The zero-order valence-electron chi connectivity index (χ0n) is 8.97. The lowest BCUT2D eigenvalue weighted by atomic mass is 10.4. The second-order valence-electron chi connectivity index (χ2n) is 3.15. The third-order valence-electron chi connectivity index (χ3n) is 1.89. The van der Waals surface area contributed by atoms with Crippen LogP contribution >= 0.6 is 23.3 Å². The first-order valence-electron chi connectivity index (χ1n) is 4.78. The van der Waals surface area contributed by atoms with Gasteiger partial charge in [0.1, 0.15) is 10.9 Å². The topological polar surface area (TPSA) is 77.6 Å². The van der Waals surface area contributed by atoms with Crippen LogP contribution in [0.3, 0.4) is 0 Å². The Bertz CT molecular complexity index is 496. The van der Waals surface area contributed by atoms with Crippen molar-refractivity contribution in [2.75, 3.05) is 5.73 Å². The number of nitrogen functional groups attached to an aromatic ring is 1. The summed E-state index contributed by atoms with van der Waals surface area (Å²) in [6.07, 6.45) is 2.56. The maximum Gasteiger partial charge on any atom is 0.221 e. The molecule has 0 spiro atoms. The monoisotopic (exact) mass is 253 g/mol. The van der Waals surface area contributed by atoms with Gasteiger partial charge in [-0.15, -0.1) is 0 Å². The van der Waals surface area contributed by atoms with Crippen molar-refractivity contribution < 1.29 is 0 Å². The van der Waals surface area contributed by atoms with Crippen LogP contribution in [-0.4, -0.2) is 19.3 Å². The molecule has 0 atom stereocenters. The smallest absolute Gasteiger partial charge is 0.221 e. The largest absolute Gasteiger partial charge is 0.368 e. The SMILES string of the molecule is CCc1nsc(Sc2nc(N)ncc2C)n1. The normalized spacial score (nSPS) is 10.6. The quantitative estimate of drug-likeness (QED) is 0.842. The first-order chi connectivity index (χ1) is 7.69. The molecule has 2 aromatic heterocycles. The molecule has 0 saturated carbocycles. The molecule has 0 aliphatic carbocycles. The van der Waals surface area contributed by atoms with E-state index in [9.17, 15) is 0 Å². The van der Waals surface area contributed by atoms with Gasteiger partial charge in [0.2, 0.25) is 5.95 Å². The highest BCUT2D eigenvalue weighted by atomic mass is 32.2. The lowest BCUT2D eigenvalue weighted by molar-refractivity contribution is 0.967. The second-order valence-corrected chi connectivity index (χ2v) is 5.14. The van der Waals surface area contributed by atoms with Gasteiger partial charge in [-0.2, -0.15) is 4.37 Å². The molecule has 0 bridgehead atoms. The molecule has 2 N–H and O–H groups in total. The predicted octanol–water partition coefficient (Wildman–Crippen LogP) is 1.93. The van der Waals surface area contributed by atoms with Gasteiger partial charge in [-0.25, -0.2) is 15.0 Å². The summed E-state index contributed by atoms with van der Waals surface area (Å²) in [4.78, 5) is 12.5. The van der Waals surface area contributed by atoms with Crippen LogP contribution in [0.1, 0.15) is 18.3 Å². The number of rotatable bonds is 3. The summed E-state index contributed by atoms with van der Waals surface area (Å²) in [5.41, 5.74) is 6.54. The standard InChI is InChI=1S/C9H11N5S2/c1-3-6-12-9(16-14-6)15-7-5(2)4-11-8(10)13-7/h4H,3H2,1-2H3,(H2,10,11,13). The number of nitrogens with two attached hydrogens (primary N) is 1. The van der Waals surface area contributed by atoms with Gasteiger partial charge >= 0.3 is 0 Å². The van der Waals surface area contributed by atoms with Crippen molar-refractivity contribution in [1.29, 1.82) is 0 Å². The van der Waals surface area contributed by atoms with Crippen LogP contribution in [-0.2, 0) is 6.42 Å². The Morgan fingerprint density at radius 3 is 2.94 bits per heavy atom. The Morgan fingerprint density at radius 1 is 1.44 bits per heavy atom. The van der Waals surface area contributed by atoms with Gasteiger partial charge < -0.3 is 5.73 Å². The molecule has 0 unspecified atom stereocenters. The first-order valence-corrected chi connectivity index (χ1v) is 6.37. The second kappa shape index (κ2) is 4.75. The molecule has 7 heteroatoms. The van der Waals surface area contributed by atoms with Crippen LogP contribution in [0.5, 0.6) is 0 Å². The zero-order chi connectivity index (χ0) is 11.5. The lowest BCUT2D eigenvalue weighted by Gasteiger charge is -2.01. The van der Waals surface area contributed by atoms with Gasteiger partial charge in [0.05, 0.1) is 0 Å². The van der Waals surface area contributed by atoms with E-state index < -0.39 is 0 Å². The van der Waals surface area contributed by atoms with Crippen LogP contribution in [0.25, 0.3) is 0 Å². The van der Waals surface area contributed by atoms with E-state index in [2.05, 4.69) is 19.3 Å². The summed E-state index contributed by atoms with van der Waals surface area (Å²) < 4.78 is 5.11. The fraction of sp³-hybridized carbons (Fsp3) is 0.333. The molecular formula is C9H11N5S2. The van der Waals surface area contributed by atoms with Gasteiger partial charge in [0.25, 0.3) is 0 Å². The summed E-state index contributed by atoms with van der Waals surface area (Å²) in [6, 6.07) is 0. The summed E-state index contributed by atoms with van der Waals surface area (Å²) in [7, 11) is 0. The van der Waals surface area contributed by atoms with Crippen molar-refractivity contribution in [3.8, 4) is 0 Å². The Morgan fingerprint density at radius 2 is 2.25 bits per heavy atom. The number of nitrogens with zero attached hydrogens (tertiary/aromatic N) is 4. The van der Waals surface area contributed by atoms with E-state index in [0.717, 1.165) is 27.2 Å². The van der Waals surface area contributed by atoms with Crippen molar-refractivity contribution in [3.63, 3.8) is 0 Å².